The highest BCUT2D eigenvalue weighted by Gasteiger charge is 2.09. The maximum Gasteiger partial charge on any atom is 0.225 e. The van der Waals surface area contributed by atoms with Crippen molar-refractivity contribution in [2.24, 2.45) is 0 Å². The fraction of sp³-hybridized carbons (Fsp3) is 0.400. The molecule has 0 saturated carbocycles. The Morgan fingerprint density at radius 1 is 1.12 bits per heavy atom. The molecule has 1 aromatic heterocycles. The number of nitrogens with one attached hydrogen (secondary N) is 2. The van der Waals surface area contributed by atoms with Crippen LogP contribution in [0.1, 0.15) is 12.0 Å². The maximum atomic E-state index is 12.0. The molecule has 0 spiro atoms. The number of ether oxygens (including phenoxy) is 1. The van der Waals surface area contributed by atoms with Crippen LogP contribution in [0.2, 0.25) is 0 Å². The van der Waals surface area contributed by atoms with Crippen LogP contribution in [0.15, 0.2) is 48.7 Å². The number of anilines is 2. The molecule has 0 atom stereocenters. The molecule has 6 nitrogen and oxygen atoms in total. The average molecular weight is 354 g/mol. The number of carbonyl (C=O) groups is 1. The number of morpholine rings is 1. The number of pyridine rings is 1. The van der Waals surface area contributed by atoms with Gasteiger partial charge < -0.3 is 15.4 Å². The fourth-order valence-corrected chi connectivity index (χ4v) is 2.86. The molecule has 2 N–H and O–H groups in total. The first-order valence-corrected chi connectivity index (χ1v) is 9.13. The number of aromatic nitrogens is 1. The third-order valence-corrected chi connectivity index (χ3v) is 4.38. The Kier molecular flexibility index (Phi) is 6.98. The molecule has 1 aromatic carbocycles. The summed E-state index contributed by atoms with van der Waals surface area (Å²) < 4.78 is 5.34. The van der Waals surface area contributed by atoms with Gasteiger partial charge in [-0.25, -0.2) is 4.98 Å². The van der Waals surface area contributed by atoms with E-state index in [0.717, 1.165) is 57.1 Å². The molecule has 0 unspecified atom stereocenters. The summed E-state index contributed by atoms with van der Waals surface area (Å²) in [6, 6.07) is 13.8. The molecular weight excluding hydrogens is 328 g/mol. The Balaban J connectivity index is 1.37. The minimum atomic E-state index is -0.0191. The van der Waals surface area contributed by atoms with E-state index in [0.29, 0.717) is 12.2 Å². The van der Waals surface area contributed by atoms with E-state index >= 15 is 0 Å². The van der Waals surface area contributed by atoms with Gasteiger partial charge in [-0.2, -0.15) is 0 Å². The van der Waals surface area contributed by atoms with Gasteiger partial charge in [0.2, 0.25) is 5.91 Å². The molecule has 2 aromatic rings. The van der Waals surface area contributed by atoms with E-state index < -0.39 is 0 Å². The van der Waals surface area contributed by atoms with Crippen LogP contribution in [0.3, 0.4) is 0 Å². The van der Waals surface area contributed by atoms with Gasteiger partial charge in [-0.05, 0) is 24.1 Å². The summed E-state index contributed by atoms with van der Waals surface area (Å²) in [4.78, 5) is 18.7. The van der Waals surface area contributed by atoms with E-state index in [2.05, 4.69) is 20.5 Å². The van der Waals surface area contributed by atoms with E-state index in [1.807, 2.05) is 42.5 Å². The van der Waals surface area contributed by atoms with Gasteiger partial charge in [0.1, 0.15) is 5.82 Å². The number of aryl methyl sites for hydroxylation is 1. The summed E-state index contributed by atoms with van der Waals surface area (Å²) in [5.74, 6) is 0.566. The van der Waals surface area contributed by atoms with Crippen LogP contribution in [0.25, 0.3) is 0 Å². The highest BCUT2D eigenvalue weighted by molar-refractivity contribution is 5.89. The van der Waals surface area contributed by atoms with E-state index in [-0.39, 0.29) is 5.91 Å². The molecule has 6 heteroatoms. The number of amides is 1. The van der Waals surface area contributed by atoms with Gasteiger partial charge in [0, 0.05) is 32.6 Å². The minimum absolute atomic E-state index is 0.0191. The van der Waals surface area contributed by atoms with Crippen LogP contribution in [0.5, 0.6) is 0 Å². The smallest absolute Gasteiger partial charge is 0.225 e. The van der Waals surface area contributed by atoms with Crippen LogP contribution in [0.4, 0.5) is 11.5 Å². The predicted molar refractivity (Wildman–Crippen MR) is 103 cm³/mol. The van der Waals surface area contributed by atoms with Gasteiger partial charge in [0.05, 0.1) is 25.1 Å². The molecule has 2 heterocycles. The molecule has 3 rings (SSSR count). The van der Waals surface area contributed by atoms with Gasteiger partial charge in [-0.1, -0.05) is 30.3 Å². The van der Waals surface area contributed by atoms with Crippen molar-refractivity contribution in [3.05, 3.63) is 54.2 Å². The normalized spacial score (nSPS) is 14.8. The first-order valence-electron chi connectivity index (χ1n) is 9.13. The van der Waals surface area contributed by atoms with Crippen molar-refractivity contribution in [2.75, 3.05) is 50.0 Å². The lowest BCUT2D eigenvalue weighted by Gasteiger charge is -2.26. The van der Waals surface area contributed by atoms with Crippen molar-refractivity contribution < 1.29 is 9.53 Å². The lowest BCUT2D eigenvalue weighted by molar-refractivity contribution is -0.116. The third-order valence-electron chi connectivity index (χ3n) is 4.38. The van der Waals surface area contributed by atoms with Crippen LogP contribution in [-0.4, -0.2) is 55.2 Å². The highest BCUT2D eigenvalue weighted by atomic mass is 16.5. The molecule has 138 valence electrons. The van der Waals surface area contributed by atoms with Gasteiger partial charge in [-0.15, -0.1) is 0 Å². The van der Waals surface area contributed by atoms with E-state index in [4.69, 9.17) is 4.74 Å². The quantitative estimate of drug-likeness (QED) is 0.762. The number of hydrogen-bond acceptors (Lipinski definition) is 5. The van der Waals surface area contributed by atoms with Gasteiger partial charge in [0.15, 0.2) is 0 Å². The predicted octanol–water partition coefficient (Wildman–Crippen LogP) is 2.40. The Morgan fingerprint density at radius 3 is 2.65 bits per heavy atom. The molecule has 0 aliphatic carbocycles. The largest absolute Gasteiger partial charge is 0.383 e. The van der Waals surface area contributed by atoms with Gasteiger partial charge >= 0.3 is 0 Å². The van der Waals surface area contributed by atoms with E-state index in [9.17, 15) is 4.79 Å². The number of benzene rings is 1. The van der Waals surface area contributed by atoms with E-state index in [1.54, 1.807) is 6.20 Å². The summed E-state index contributed by atoms with van der Waals surface area (Å²) >= 11 is 0. The highest BCUT2D eigenvalue weighted by Crippen LogP contribution is 2.11. The Labute approximate surface area is 154 Å². The molecule has 1 aliphatic heterocycles. The molecular formula is C20H26N4O2. The van der Waals surface area contributed by atoms with Gasteiger partial charge in [-0.3, -0.25) is 9.69 Å². The average Bonchev–Trinajstić information content (AvgIpc) is 2.69. The van der Waals surface area contributed by atoms with E-state index in [1.165, 1.54) is 0 Å². The Bertz CT molecular complexity index is 670. The molecule has 0 bridgehead atoms. The van der Waals surface area contributed by atoms with Crippen molar-refractivity contribution >= 4 is 17.4 Å². The molecule has 1 saturated heterocycles. The summed E-state index contributed by atoms with van der Waals surface area (Å²) in [6.45, 7) is 5.48. The molecule has 0 radical (unpaired) electrons. The zero-order chi connectivity index (χ0) is 18.0. The zero-order valence-electron chi connectivity index (χ0n) is 15.0. The van der Waals surface area contributed by atoms with Crippen LogP contribution >= 0.6 is 0 Å². The van der Waals surface area contributed by atoms with Gasteiger partial charge in [0.25, 0.3) is 0 Å². The monoisotopic (exact) mass is 354 g/mol. The molecule has 1 fully saturated rings. The Hall–Kier alpha value is -2.44. The summed E-state index contributed by atoms with van der Waals surface area (Å²) in [5, 5.41) is 6.21. The Morgan fingerprint density at radius 2 is 1.92 bits per heavy atom. The maximum absolute atomic E-state index is 12.0. The number of rotatable bonds is 8. The second-order valence-corrected chi connectivity index (χ2v) is 6.35. The minimum Gasteiger partial charge on any atom is -0.383 e. The van der Waals surface area contributed by atoms with Crippen molar-refractivity contribution in [3.8, 4) is 0 Å². The lowest BCUT2D eigenvalue weighted by atomic mass is 10.1. The number of nitrogens with zero attached hydrogens (tertiary/aromatic N) is 2. The third kappa shape index (κ3) is 6.13. The zero-order valence-corrected chi connectivity index (χ0v) is 15.0. The van der Waals surface area contributed by atoms with Crippen LogP contribution in [0, 0.1) is 0 Å². The standard InChI is InChI=1S/C20H26N4O2/c25-20(9-6-17-4-2-1-3-5-17)23-19-8-7-18(16-22-19)21-10-11-24-12-14-26-15-13-24/h1-5,7-8,16,21H,6,9-15H2,(H,22,23,25). The topological polar surface area (TPSA) is 66.5 Å². The van der Waals surface area contributed by atoms with Crippen molar-refractivity contribution in [1.29, 1.82) is 0 Å². The summed E-state index contributed by atoms with van der Waals surface area (Å²) in [5.41, 5.74) is 2.12. The number of carbonyl (C=O) groups excluding carboxylic acids is 1. The second-order valence-electron chi connectivity index (χ2n) is 6.35. The van der Waals surface area contributed by atoms with Crippen LogP contribution < -0.4 is 10.6 Å². The number of hydrogen-bond donors (Lipinski definition) is 2. The first kappa shape index (κ1) is 18.4. The lowest BCUT2D eigenvalue weighted by Crippen LogP contribution is -2.39. The molecule has 26 heavy (non-hydrogen) atoms. The summed E-state index contributed by atoms with van der Waals surface area (Å²) in [6.07, 6.45) is 2.94. The second kappa shape index (κ2) is 9.89. The van der Waals surface area contributed by atoms with Crippen molar-refractivity contribution in [1.82, 2.24) is 9.88 Å². The SMILES string of the molecule is O=C(CCc1ccccc1)Nc1ccc(NCCN2CCOCC2)cn1. The molecule has 1 aliphatic rings. The fourth-order valence-electron chi connectivity index (χ4n) is 2.86. The summed E-state index contributed by atoms with van der Waals surface area (Å²) in [7, 11) is 0. The van der Waals surface area contributed by atoms with Crippen LogP contribution in [-0.2, 0) is 16.0 Å². The van der Waals surface area contributed by atoms with Crippen molar-refractivity contribution in [3.63, 3.8) is 0 Å². The van der Waals surface area contributed by atoms with Crippen molar-refractivity contribution in [2.45, 2.75) is 12.8 Å². The first-order chi connectivity index (χ1) is 12.8. The molecule has 1 amide bonds.